The van der Waals surface area contributed by atoms with Crippen LogP contribution in [0.2, 0.25) is 0 Å². The maximum atomic E-state index is 11.7. The summed E-state index contributed by atoms with van der Waals surface area (Å²) in [6, 6.07) is 7.90. The number of aryl methyl sites for hydroxylation is 1. The van der Waals surface area contributed by atoms with Gasteiger partial charge in [-0.05, 0) is 65.5 Å². The number of rotatable bonds is 5. The molecule has 3 rings (SSSR count). The number of aromatic nitrogens is 1. The van der Waals surface area contributed by atoms with E-state index in [2.05, 4.69) is 22.1 Å². The van der Waals surface area contributed by atoms with E-state index in [0.717, 1.165) is 36.3 Å². The molecule has 2 heterocycles. The molecule has 1 saturated carbocycles. The highest BCUT2D eigenvalue weighted by molar-refractivity contribution is 7.15. The van der Waals surface area contributed by atoms with E-state index >= 15 is 0 Å². The zero-order chi connectivity index (χ0) is 21.0. The smallest absolute Gasteiger partial charge is 0.348 e. The summed E-state index contributed by atoms with van der Waals surface area (Å²) in [6.07, 6.45) is 3.83. The second-order valence-corrected chi connectivity index (χ2v) is 9.56. The Morgan fingerprint density at radius 3 is 2.62 bits per heavy atom. The molecule has 1 aliphatic carbocycles. The molecule has 0 aromatic carbocycles. The number of carboxylic acid groups (broad SMARTS) is 1. The van der Waals surface area contributed by atoms with E-state index in [1.165, 1.54) is 11.3 Å². The van der Waals surface area contributed by atoms with Gasteiger partial charge in [0.25, 0.3) is 0 Å². The summed E-state index contributed by atoms with van der Waals surface area (Å²) < 4.78 is 6.02. The molecule has 0 spiro atoms. The zero-order valence-electron chi connectivity index (χ0n) is 17.4. The Morgan fingerprint density at radius 1 is 1.28 bits per heavy atom. The largest absolute Gasteiger partial charge is 0.477 e. The molecule has 0 radical (unpaired) electrons. The minimum atomic E-state index is -0.913. The van der Waals surface area contributed by atoms with Gasteiger partial charge in [0.15, 0.2) is 0 Å². The fourth-order valence-electron chi connectivity index (χ4n) is 3.27. The van der Waals surface area contributed by atoms with Crippen LogP contribution in [0.1, 0.15) is 66.7 Å². The molecular weight excluding hydrogens is 384 g/mol. The summed E-state index contributed by atoms with van der Waals surface area (Å²) in [5.74, 6) is 6.05. The quantitative estimate of drug-likeness (QED) is 0.648. The number of ether oxygens (including phenoxy) is 1. The number of anilines is 1. The molecule has 154 valence electrons. The molecule has 1 aliphatic rings. The van der Waals surface area contributed by atoms with Gasteiger partial charge in [0.05, 0.1) is 10.6 Å². The lowest BCUT2D eigenvalue weighted by atomic mass is 9.92. The van der Waals surface area contributed by atoms with Crippen LogP contribution in [0.3, 0.4) is 0 Å². The van der Waals surface area contributed by atoms with Crippen LogP contribution in [0.4, 0.5) is 5.69 Å². The number of nitrogens with zero attached hydrogens (tertiary/aromatic N) is 1. The third kappa shape index (κ3) is 6.23. The molecule has 0 bridgehead atoms. The summed E-state index contributed by atoms with van der Waals surface area (Å²) in [5, 5.41) is 13.0. The van der Waals surface area contributed by atoms with Crippen LogP contribution >= 0.6 is 11.3 Å². The molecule has 0 atom stereocenters. The van der Waals surface area contributed by atoms with Gasteiger partial charge in [0, 0.05) is 23.2 Å². The van der Waals surface area contributed by atoms with Crippen LogP contribution in [0.25, 0.3) is 0 Å². The van der Waals surface area contributed by atoms with E-state index in [4.69, 9.17) is 4.74 Å². The summed E-state index contributed by atoms with van der Waals surface area (Å²) in [7, 11) is 0. The van der Waals surface area contributed by atoms with Crippen LogP contribution in [-0.4, -0.2) is 28.2 Å². The van der Waals surface area contributed by atoms with Gasteiger partial charge in [0.2, 0.25) is 5.88 Å². The number of pyridine rings is 1. The number of hydrogen-bond acceptors (Lipinski definition) is 5. The van der Waals surface area contributed by atoms with Gasteiger partial charge < -0.3 is 15.2 Å². The molecule has 1 fully saturated rings. The van der Waals surface area contributed by atoms with E-state index < -0.39 is 5.97 Å². The molecule has 5 nitrogen and oxygen atoms in total. The fourth-order valence-corrected chi connectivity index (χ4v) is 4.08. The van der Waals surface area contributed by atoms with Crippen molar-refractivity contribution in [2.45, 2.75) is 65.5 Å². The Bertz CT molecular complexity index is 926. The zero-order valence-corrected chi connectivity index (χ0v) is 18.2. The number of hydrogen-bond donors (Lipinski definition) is 2. The summed E-state index contributed by atoms with van der Waals surface area (Å²) in [5.41, 5.74) is 1.50. The molecule has 2 aromatic rings. The van der Waals surface area contributed by atoms with Crippen molar-refractivity contribution in [3.05, 3.63) is 39.7 Å². The highest BCUT2D eigenvalue weighted by Crippen LogP contribution is 2.31. The lowest BCUT2D eigenvalue weighted by Gasteiger charge is -2.29. The average molecular weight is 413 g/mol. The Hall–Kier alpha value is -2.52. The summed E-state index contributed by atoms with van der Waals surface area (Å²) in [6.45, 7) is 8.07. The van der Waals surface area contributed by atoms with Crippen molar-refractivity contribution in [3.63, 3.8) is 0 Å². The van der Waals surface area contributed by atoms with Crippen molar-refractivity contribution in [1.82, 2.24) is 4.98 Å². The van der Waals surface area contributed by atoms with E-state index in [0.29, 0.717) is 16.4 Å². The Morgan fingerprint density at radius 2 is 2.00 bits per heavy atom. The molecule has 0 amide bonds. The van der Waals surface area contributed by atoms with Gasteiger partial charge in [-0.3, -0.25) is 0 Å². The van der Waals surface area contributed by atoms with Crippen molar-refractivity contribution in [2.75, 3.05) is 5.32 Å². The van der Waals surface area contributed by atoms with Gasteiger partial charge in [-0.25, -0.2) is 9.78 Å². The highest BCUT2D eigenvalue weighted by atomic mass is 32.1. The molecule has 0 aliphatic heterocycles. The molecule has 0 unspecified atom stereocenters. The number of thiophene rings is 1. The van der Waals surface area contributed by atoms with Crippen molar-refractivity contribution in [3.8, 4) is 17.7 Å². The van der Waals surface area contributed by atoms with Crippen LogP contribution in [0.15, 0.2) is 24.3 Å². The first-order valence-corrected chi connectivity index (χ1v) is 10.8. The third-order valence-electron chi connectivity index (χ3n) is 4.67. The Kier molecular flexibility index (Phi) is 6.49. The van der Waals surface area contributed by atoms with Gasteiger partial charge >= 0.3 is 5.97 Å². The van der Waals surface area contributed by atoms with Crippen molar-refractivity contribution < 1.29 is 14.6 Å². The molecule has 2 aromatic heterocycles. The first-order valence-electron chi connectivity index (χ1n) is 9.97. The monoisotopic (exact) mass is 412 g/mol. The standard InChI is InChI=1S/C23H28N2O3S/c1-15-6-5-7-20(24-15)28-17-10-8-16(9-11-17)25-19-14-18(12-13-23(2,3)4)29-21(19)22(26)27/h5-7,14,16-17,25H,8-11H2,1-4H3,(H,26,27)/t16-,17-. The molecule has 2 N–H and O–H groups in total. The minimum Gasteiger partial charge on any atom is -0.477 e. The topological polar surface area (TPSA) is 71.5 Å². The SMILES string of the molecule is Cc1cccc(O[C@H]2CC[C@H](Nc3cc(C#CC(C)(C)C)sc3C(=O)O)CC2)n1. The Balaban J connectivity index is 1.61. The van der Waals surface area contributed by atoms with Gasteiger partial charge in [-0.15, -0.1) is 11.3 Å². The number of aromatic carboxylic acids is 1. The van der Waals surface area contributed by atoms with Gasteiger partial charge in [-0.1, -0.05) is 17.9 Å². The molecule has 6 heteroatoms. The summed E-state index contributed by atoms with van der Waals surface area (Å²) in [4.78, 5) is 17.2. The second-order valence-electron chi connectivity index (χ2n) is 8.51. The van der Waals surface area contributed by atoms with E-state index in [1.807, 2.05) is 52.0 Å². The lowest BCUT2D eigenvalue weighted by molar-refractivity contribution is 0.0703. The predicted octanol–water partition coefficient (Wildman–Crippen LogP) is 5.35. The number of carboxylic acids is 1. The van der Waals surface area contributed by atoms with Crippen molar-refractivity contribution >= 4 is 23.0 Å². The van der Waals surface area contributed by atoms with Crippen LogP contribution in [0.5, 0.6) is 5.88 Å². The summed E-state index contributed by atoms with van der Waals surface area (Å²) >= 11 is 1.23. The first kappa shape index (κ1) is 21.2. The third-order valence-corrected chi connectivity index (χ3v) is 5.71. The van der Waals surface area contributed by atoms with E-state index in [1.54, 1.807) is 0 Å². The maximum absolute atomic E-state index is 11.7. The van der Waals surface area contributed by atoms with Crippen molar-refractivity contribution in [2.24, 2.45) is 5.41 Å². The molecule has 0 saturated heterocycles. The van der Waals surface area contributed by atoms with E-state index in [-0.39, 0.29) is 17.6 Å². The van der Waals surface area contributed by atoms with Crippen LogP contribution in [0, 0.1) is 24.2 Å². The molecular formula is C23H28N2O3S. The fraction of sp³-hybridized carbons (Fsp3) is 0.478. The van der Waals surface area contributed by atoms with E-state index in [9.17, 15) is 9.90 Å². The van der Waals surface area contributed by atoms with Gasteiger partial charge in [-0.2, -0.15) is 0 Å². The molecule has 29 heavy (non-hydrogen) atoms. The second kappa shape index (κ2) is 8.87. The average Bonchev–Trinajstić information content (AvgIpc) is 3.04. The maximum Gasteiger partial charge on any atom is 0.348 e. The predicted molar refractivity (Wildman–Crippen MR) is 117 cm³/mol. The first-order chi connectivity index (χ1) is 13.7. The lowest BCUT2D eigenvalue weighted by Crippen LogP contribution is -2.31. The number of nitrogens with one attached hydrogen (secondary N) is 1. The number of carbonyl (C=O) groups is 1. The van der Waals surface area contributed by atoms with Crippen LogP contribution in [-0.2, 0) is 0 Å². The Labute approximate surface area is 176 Å². The normalized spacial score (nSPS) is 19.2. The van der Waals surface area contributed by atoms with Crippen molar-refractivity contribution in [1.29, 1.82) is 0 Å². The minimum absolute atomic E-state index is 0.120. The highest BCUT2D eigenvalue weighted by Gasteiger charge is 2.25. The van der Waals surface area contributed by atoms with Crippen LogP contribution < -0.4 is 10.1 Å². The van der Waals surface area contributed by atoms with Gasteiger partial charge in [0.1, 0.15) is 11.0 Å².